The second kappa shape index (κ2) is 8.81. The minimum Gasteiger partial charge on any atom is -0.322 e. The molecule has 0 fully saturated rings. The van der Waals surface area contributed by atoms with Crippen LogP contribution in [0.4, 0.5) is 20.2 Å². The highest BCUT2D eigenvalue weighted by molar-refractivity contribution is 7.92. The van der Waals surface area contributed by atoms with Gasteiger partial charge >= 0.3 is 0 Å². The largest absolute Gasteiger partial charge is 0.322 e. The molecule has 1 N–H and O–H groups in total. The van der Waals surface area contributed by atoms with Gasteiger partial charge in [0.2, 0.25) is 5.91 Å². The van der Waals surface area contributed by atoms with Crippen LogP contribution in [0.3, 0.4) is 0 Å². The van der Waals surface area contributed by atoms with Crippen molar-refractivity contribution in [1.29, 1.82) is 0 Å². The number of carbonyl (C=O) groups excluding carboxylic acids is 1. The fourth-order valence-electron chi connectivity index (χ4n) is 2.69. The van der Waals surface area contributed by atoms with E-state index < -0.39 is 34.1 Å². The number of benzene rings is 3. The number of amides is 1. The third-order valence-electron chi connectivity index (χ3n) is 4.20. The molecule has 30 heavy (non-hydrogen) atoms. The molecule has 3 aromatic carbocycles. The smallest absolute Gasteiger partial charge is 0.264 e. The lowest BCUT2D eigenvalue weighted by Gasteiger charge is -2.24. The first-order valence-electron chi connectivity index (χ1n) is 8.77. The van der Waals surface area contributed by atoms with Gasteiger partial charge < -0.3 is 5.32 Å². The van der Waals surface area contributed by atoms with Crippen LogP contribution in [0.2, 0.25) is 5.02 Å². The van der Waals surface area contributed by atoms with Crippen LogP contribution in [0.1, 0.15) is 5.56 Å². The standard InChI is InChI=1S/C21H17ClF2N2O3S/c1-14-5-8-18(9-6-14)30(28,29)26(17-4-2-3-15(22)11-17)13-21(27)25-20-10-7-16(23)12-19(20)24/h2-12H,13H2,1H3,(H,25,27). The minimum absolute atomic E-state index is 0.0196. The zero-order valence-electron chi connectivity index (χ0n) is 15.8. The molecule has 0 unspecified atom stereocenters. The number of rotatable bonds is 6. The number of nitrogens with zero attached hydrogens (tertiary/aromatic N) is 1. The number of sulfonamides is 1. The van der Waals surface area contributed by atoms with Gasteiger partial charge in [-0.2, -0.15) is 0 Å². The summed E-state index contributed by atoms with van der Waals surface area (Å²) in [6.45, 7) is 1.17. The molecule has 0 heterocycles. The maximum absolute atomic E-state index is 13.9. The van der Waals surface area contributed by atoms with Crippen LogP contribution >= 0.6 is 11.6 Å². The normalized spacial score (nSPS) is 11.2. The summed E-state index contributed by atoms with van der Waals surface area (Å²) in [4.78, 5) is 12.5. The SMILES string of the molecule is Cc1ccc(S(=O)(=O)N(CC(=O)Nc2ccc(F)cc2F)c2cccc(Cl)c2)cc1. The van der Waals surface area contributed by atoms with Crippen molar-refractivity contribution in [2.45, 2.75) is 11.8 Å². The lowest BCUT2D eigenvalue weighted by atomic mass is 10.2. The highest BCUT2D eigenvalue weighted by atomic mass is 35.5. The summed E-state index contributed by atoms with van der Waals surface area (Å²) in [7, 11) is -4.13. The summed E-state index contributed by atoms with van der Waals surface area (Å²) in [5, 5.41) is 2.54. The molecule has 0 saturated carbocycles. The molecule has 0 spiro atoms. The maximum atomic E-state index is 13.9. The lowest BCUT2D eigenvalue weighted by molar-refractivity contribution is -0.114. The van der Waals surface area contributed by atoms with Crippen molar-refractivity contribution in [2.24, 2.45) is 0 Å². The quantitative estimate of drug-likeness (QED) is 0.588. The van der Waals surface area contributed by atoms with Gasteiger partial charge in [0.25, 0.3) is 10.0 Å². The Morgan fingerprint density at radius 2 is 1.73 bits per heavy atom. The predicted octanol–water partition coefficient (Wildman–Crippen LogP) is 4.76. The second-order valence-corrected chi connectivity index (χ2v) is 8.78. The van der Waals surface area contributed by atoms with Crippen molar-refractivity contribution in [2.75, 3.05) is 16.2 Å². The van der Waals surface area contributed by atoms with E-state index in [1.165, 1.54) is 24.3 Å². The summed E-state index contributed by atoms with van der Waals surface area (Å²) in [6, 6.07) is 14.8. The van der Waals surface area contributed by atoms with Crippen LogP contribution in [0.15, 0.2) is 71.6 Å². The van der Waals surface area contributed by atoms with Gasteiger partial charge in [0.05, 0.1) is 16.3 Å². The van der Waals surface area contributed by atoms with Crippen LogP contribution in [-0.2, 0) is 14.8 Å². The highest BCUT2D eigenvalue weighted by Crippen LogP contribution is 2.26. The molecule has 1 amide bonds. The number of carbonyl (C=O) groups is 1. The van der Waals surface area contributed by atoms with E-state index in [-0.39, 0.29) is 21.3 Å². The van der Waals surface area contributed by atoms with Crippen LogP contribution in [0.5, 0.6) is 0 Å². The molecule has 9 heteroatoms. The summed E-state index contributed by atoms with van der Waals surface area (Å²) in [6.07, 6.45) is 0. The number of aryl methyl sites for hydroxylation is 1. The van der Waals surface area contributed by atoms with E-state index in [9.17, 15) is 22.0 Å². The fraction of sp³-hybridized carbons (Fsp3) is 0.0952. The molecule has 0 aliphatic carbocycles. The van der Waals surface area contributed by atoms with E-state index in [0.717, 1.165) is 22.0 Å². The minimum atomic E-state index is -4.13. The molecule has 3 rings (SSSR count). The monoisotopic (exact) mass is 450 g/mol. The van der Waals surface area contributed by atoms with Gasteiger partial charge in [-0.1, -0.05) is 35.4 Å². The molecule has 3 aromatic rings. The first kappa shape index (κ1) is 21.7. The molecule has 0 bridgehead atoms. The Hall–Kier alpha value is -2.97. The van der Waals surface area contributed by atoms with Gasteiger partial charge in [0.15, 0.2) is 0 Å². The van der Waals surface area contributed by atoms with Crippen molar-refractivity contribution < 1.29 is 22.0 Å². The maximum Gasteiger partial charge on any atom is 0.264 e. The number of hydrogen-bond acceptors (Lipinski definition) is 3. The molecule has 0 saturated heterocycles. The van der Waals surface area contributed by atoms with Crippen molar-refractivity contribution >= 4 is 38.9 Å². The highest BCUT2D eigenvalue weighted by Gasteiger charge is 2.27. The van der Waals surface area contributed by atoms with Crippen molar-refractivity contribution in [3.63, 3.8) is 0 Å². The van der Waals surface area contributed by atoms with Gasteiger partial charge in [0.1, 0.15) is 18.2 Å². The molecule has 0 aliphatic rings. The van der Waals surface area contributed by atoms with E-state index in [0.29, 0.717) is 6.07 Å². The zero-order valence-corrected chi connectivity index (χ0v) is 17.3. The van der Waals surface area contributed by atoms with Gasteiger partial charge in [0, 0.05) is 11.1 Å². The van der Waals surface area contributed by atoms with Crippen LogP contribution in [0.25, 0.3) is 0 Å². The molecule has 5 nitrogen and oxygen atoms in total. The van der Waals surface area contributed by atoms with Crippen molar-refractivity contribution in [1.82, 2.24) is 0 Å². The van der Waals surface area contributed by atoms with Gasteiger partial charge in [-0.25, -0.2) is 17.2 Å². The van der Waals surface area contributed by atoms with Crippen LogP contribution < -0.4 is 9.62 Å². The van der Waals surface area contributed by atoms with E-state index in [1.807, 2.05) is 6.92 Å². The first-order chi connectivity index (χ1) is 14.2. The van der Waals surface area contributed by atoms with Gasteiger partial charge in [-0.3, -0.25) is 9.10 Å². The lowest BCUT2D eigenvalue weighted by Crippen LogP contribution is -2.38. The van der Waals surface area contributed by atoms with E-state index >= 15 is 0 Å². The number of nitrogens with one attached hydrogen (secondary N) is 1. The number of halogens is 3. The van der Waals surface area contributed by atoms with Crippen LogP contribution in [-0.4, -0.2) is 20.9 Å². The Labute approximate surface area is 178 Å². The van der Waals surface area contributed by atoms with Gasteiger partial charge in [-0.15, -0.1) is 0 Å². The number of anilines is 2. The number of hydrogen-bond donors (Lipinski definition) is 1. The Bertz CT molecular complexity index is 1190. The predicted molar refractivity (Wildman–Crippen MR) is 112 cm³/mol. The fourth-order valence-corrected chi connectivity index (χ4v) is 4.29. The third-order valence-corrected chi connectivity index (χ3v) is 6.22. The molecule has 0 radical (unpaired) electrons. The molecular weight excluding hydrogens is 434 g/mol. The van der Waals surface area contributed by atoms with E-state index in [2.05, 4.69) is 5.32 Å². The summed E-state index contributed by atoms with van der Waals surface area (Å²) < 4.78 is 54.3. The topological polar surface area (TPSA) is 66.5 Å². The average Bonchev–Trinajstić information content (AvgIpc) is 2.68. The second-order valence-electron chi connectivity index (χ2n) is 6.48. The Morgan fingerprint density at radius 1 is 1.03 bits per heavy atom. The van der Waals surface area contributed by atoms with E-state index in [1.54, 1.807) is 24.3 Å². The molecule has 0 aliphatic heterocycles. The van der Waals surface area contributed by atoms with Crippen molar-refractivity contribution in [3.05, 3.63) is 89.0 Å². The van der Waals surface area contributed by atoms with E-state index in [4.69, 9.17) is 11.6 Å². The molecular formula is C21H17ClF2N2O3S. The van der Waals surface area contributed by atoms with Gasteiger partial charge in [-0.05, 0) is 49.4 Å². The summed E-state index contributed by atoms with van der Waals surface area (Å²) >= 11 is 6.00. The Kier molecular flexibility index (Phi) is 6.38. The van der Waals surface area contributed by atoms with Crippen LogP contribution in [0, 0.1) is 18.6 Å². The first-order valence-corrected chi connectivity index (χ1v) is 10.6. The summed E-state index contributed by atoms with van der Waals surface area (Å²) in [5.41, 5.74) is 0.769. The molecule has 156 valence electrons. The average molecular weight is 451 g/mol. The molecule has 0 atom stereocenters. The Morgan fingerprint density at radius 3 is 2.37 bits per heavy atom. The Balaban J connectivity index is 1.95. The molecule has 0 aromatic heterocycles. The summed E-state index contributed by atoms with van der Waals surface area (Å²) in [5.74, 6) is -2.58. The zero-order chi connectivity index (χ0) is 21.9. The third kappa shape index (κ3) is 4.95. The van der Waals surface area contributed by atoms with Crippen molar-refractivity contribution in [3.8, 4) is 0 Å².